The Labute approximate surface area is 93.2 Å². The fourth-order valence-electron chi connectivity index (χ4n) is 0.992. The first-order chi connectivity index (χ1) is 7.52. The molecule has 0 aliphatic rings. The Balaban J connectivity index is 2.62. The number of hydrogen-bond acceptors (Lipinski definition) is 4. The van der Waals surface area contributed by atoms with Crippen molar-refractivity contribution < 1.29 is 19.5 Å². The number of carboxylic acid groups (broad SMARTS) is 1. The second-order valence-electron chi connectivity index (χ2n) is 3.31. The van der Waals surface area contributed by atoms with E-state index in [1.807, 2.05) is 0 Å². The van der Waals surface area contributed by atoms with Gasteiger partial charge in [0.25, 0.3) is 0 Å². The SMILES string of the molecule is C[C@H](C(=O)O)N(C)OC(=O)c1ccccc1. The molecule has 0 bridgehead atoms. The van der Waals surface area contributed by atoms with Gasteiger partial charge in [0.2, 0.25) is 0 Å². The van der Waals surface area contributed by atoms with E-state index < -0.39 is 18.0 Å². The zero-order valence-corrected chi connectivity index (χ0v) is 9.08. The van der Waals surface area contributed by atoms with Crippen LogP contribution >= 0.6 is 0 Å². The average Bonchev–Trinajstić information content (AvgIpc) is 2.28. The van der Waals surface area contributed by atoms with Crippen LogP contribution in [-0.2, 0) is 9.63 Å². The molecule has 1 rings (SSSR count). The number of hydrogen-bond donors (Lipinski definition) is 1. The van der Waals surface area contributed by atoms with Crippen molar-refractivity contribution in [1.29, 1.82) is 0 Å². The molecular formula is C11H13NO4. The normalized spacial score (nSPS) is 12.2. The van der Waals surface area contributed by atoms with Crippen LogP contribution in [0.25, 0.3) is 0 Å². The third-order valence-corrected chi connectivity index (χ3v) is 2.14. The van der Waals surface area contributed by atoms with Gasteiger partial charge < -0.3 is 9.94 Å². The molecule has 86 valence electrons. The van der Waals surface area contributed by atoms with E-state index in [2.05, 4.69) is 0 Å². The van der Waals surface area contributed by atoms with E-state index in [1.54, 1.807) is 30.3 Å². The Hall–Kier alpha value is -1.88. The minimum Gasteiger partial charge on any atom is -0.480 e. The molecule has 0 unspecified atom stereocenters. The van der Waals surface area contributed by atoms with Gasteiger partial charge in [-0.25, -0.2) is 4.79 Å². The molecule has 0 amide bonds. The molecule has 0 fully saturated rings. The summed E-state index contributed by atoms with van der Waals surface area (Å²) >= 11 is 0. The summed E-state index contributed by atoms with van der Waals surface area (Å²) in [5, 5.41) is 9.71. The molecule has 0 radical (unpaired) electrons. The first-order valence-electron chi connectivity index (χ1n) is 4.75. The van der Waals surface area contributed by atoms with Gasteiger partial charge in [0.15, 0.2) is 0 Å². The zero-order valence-electron chi connectivity index (χ0n) is 9.08. The van der Waals surface area contributed by atoms with Crippen LogP contribution in [0, 0.1) is 0 Å². The predicted molar refractivity (Wildman–Crippen MR) is 56.7 cm³/mol. The van der Waals surface area contributed by atoms with E-state index in [9.17, 15) is 9.59 Å². The highest BCUT2D eigenvalue weighted by Gasteiger charge is 2.21. The Morgan fingerprint density at radius 3 is 2.38 bits per heavy atom. The Morgan fingerprint density at radius 2 is 1.88 bits per heavy atom. The van der Waals surface area contributed by atoms with E-state index in [4.69, 9.17) is 9.94 Å². The minimum absolute atomic E-state index is 0.381. The number of hydroxylamine groups is 2. The summed E-state index contributed by atoms with van der Waals surface area (Å²) in [6.45, 7) is 1.43. The number of likely N-dealkylation sites (N-methyl/N-ethyl adjacent to an activating group) is 1. The van der Waals surface area contributed by atoms with Crippen LogP contribution in [-0.4, -0.2) is 35.2 Å². The van der Waals surface area contributed by atoms with Crippen molar-refractivity contribution in [2.24, 2.45) is 0 Å². The van der Waals surface area contributed by atoms with Crippen molar-refractivity contribution in [3.05, 3.63) is 35.9 Å². The summed E-state index contributed by atoms with van der Waals surface area (Å²) in [4.78, 5) is 27.0. The lowest BCUT2D eigenvalue weighted by molar-refractivity contribution is -0.162. The number of aliphatic carboxylic acids is 1. The molecular weight excluding hydrogens is 210 g/mol. The van der Waals surface area contributed by atoms with Gasteiger partial charge in [-0.1, -0.05) is 18.2 Å². The van der Waals surface area contributed by atoms with E-state index in [0.29, 0.717) is 5.56 Å². The molecule has 0 aliphatic carbocycles. The smallest absolute Gasteiger partial charge is 0.357 e. The van der Waals surface area contributed by atoms with Crippen molar-refractivity contribution in [1.82, 2.24) is 5.06 Å². The molecule has 0 aromatic heterocycles. The quantitative estimate of drug-likeness (QED) is 0.776. The van der Waals surface area contributed by atoms with Gasteiger partial charge in [0.1, 0.15) is 6.04 Å². The highest BCUT2D eigenvalue weighted by Crippen LogP contribution is 2.04. The Kier molecular flexibility index (Phi) is 4.02. The fraction of sp³-hybridized carbons (Fsp3) is 0.273. The van der Waals surface area contributed by atoms with E-state index >= 15 is 0 Å². The van der Waals surface area contributed by atoms with Gasteiger partial charge in [0, 0.05) is 7.05 Å². The predicted octanol–water partition coefficient (Wildman–Crippen LogP) is 1.16. The first kappa shape index (κ1) is 12.2. The van der Waals surface area contributed by atoms with Gasteiger partial charge in [0.05, 0.1) is 5.56 Å². The molecule has 1 aromatic rings. The van der Waals surface area contributed by atoms with Crippen molar-refractivity contribution in [2.75, 3.05) is 7.05 Å². The lowest BCUT2D eigenvalue weighted by Crippen LogP contribution is -2.37. The molecule has 5 heteroatoms. The molecule has 1 atom stereocenters. The monoisotopic (exact) mass is 223 g/mol. The van der Waals surface area contributed by atoms with Crippen LogP contribution < -0.4 is 0 Å². The van der Waals surface area contributed by atoms with Crippen LogP contribution in [0.3, 0.4) is 0 Å². The molecule has 1 aromatic carbocycles. The largest absolute Gasteiger partial charge is 0.480 e. The third kappa shape index (κ3) is 3.06. The van der Waals surface area contributed by atoms with Crippen LogP contribution in [0.2, 0.25) is 0 Å². The standard InChI is InChI=1S/C11H13NO4/c1-8(10(13)14)12(2)16-11(15)9-6-4-3-5-7-9/h3-8H,1-2H3,(H,13,14)/t8-/m1/s1. The number of carbonyl (C=O) groups excluding carboxylic acids is 1. The maximum absolute atomic E-state index is 11.5. The molecule has 0 saturated carbocycles. The number of rotatable bonds is 4. The number of carbonyl (C=O) groups is 2. The topological polar surface area (TPSA) is 66.8 Å². The third-order valence-electron chi connectivity index (χ3n) is 2.14. The molecule has 0 aliphatic heterocycles. The molecule has 0 saturated heterocycles. The minimum atomic E-state index is -1.05. The molecule has 5 nitrogen and oxygen atoms in total. The molecule has 1 N–H and O–H groups in total. The van der Waals surface area contributed by atoms with Crippen LogP contribution in [0.15, 0.2) is 30.3 Å². The highest BCUT2D eigenvalue weighted by atomic mass is 16.7. The maximum atomic E-state index is 11.5. The zero-order chi connectivity index (χ0) is 12.1. The van der Waals surface area contributed by atoms with Crippen molar-refractivity contribution in [2.45, 2.75) is 13.0 Å². The van der Waals surface area contributed by atoms with Crippen molar-refractivity contribution in [3.8, 4) is 0 Å². The molecule has 0 spiro atoms. The lowest BCUT2D eigenvalue weighted by atomic mass is 10.2. The Bertz CT molecular complexity index is 377. The second kappa shape index (κ2) is 5.27. The summed E-state index contributed by atoms with van der Waals surface area (Å²) in [5.41, 5.74) is 0.381. The van der Waals surface area contributed by atoms with Crippen molar-refractivity contribution >= 4 is 11.9 Å². The van der Waals surface area contributed by atoms with Gasteiger partial charge in [-0.15, -0.1) is 5.06 Å². The highest BCUT2D eigenvalue weighted by molar-refractivity contribution is 5.89. The summed E-state index contributed by atoms with van der Waals surface area (Å²) in [5.74, 6) is -1.63. The maximum Gasteiger partial charge on any atom is 0.357 e. The summed E-state index contributed by atoms with van der Waals surface area (Å²) in [7, 11) is 1.40. The Morgan fingerprint density at radius 1 is 1.31 bits per heavy atom. The average molecular weight is 223 g/mol. The number of benzene rings is 1. The van der Waals surface area contributed by atoms with Crippen molar-refractivity contribution in [3.63, 3.8) is 0 Å². The van der Waals surface area contributed by atoms with Gasteiger partial charge in [-0.2, -0.15) is 0 Å². The van der Waals surface area contributed by atoms with E-state index in [-0.39, 0.29) is 0 Å². The number of nitrogens with zero attached hydrogens (tertiary/aromatic N) is 1. The van der Waals surface area contributed by atoms with Gasteiger partial charge in [-0.3, -0.25) is 4.79 Å². The fourth-order valence-corrected chi connectivity index (χ4v) is 0.992. The van der Waals surface area contributed by atoms with Crippen LogP contribution in [0.1, 0.15) is 17.3 Å². The molecule has 16 heavy (non-hydrogen) atoms. The van der Waals surface area contributed by atoms with Crippen LogP contribution in [0.4, 0.5) is 0 Å². The summed E-state index contributed by atoms with van der Waals surface area (Å²) in [6, 6.07) is 7.51. The van der Waals surface area contributed by atoms with E-state index in [1.165, 1.54) is 14.0 Å². The number of carboxylic acids is 1. The lowest BCUT2D eigenvalue weighted by Gasteiger charge is -2.19. The first-order valence-corrected chi connectivity index (χ1v) is 4.75. The van der Waals surface area contributed by atoms with Gasteiger partial charge in [-0.05, 0) is 19.1 Å². The second-order valence-corrected chi connectivity index (χ2v) is 3.31. The van der Waals surface area contributed by atoms with Gasteiger partial charge >= 0.3 is 11.9 Å². The summed E-state index contributed by atoms with van der Waals surface area (Å²) < 4.78 is 0. The molecule has 0 heterocycles. The summed E-state index contributed by atoms with van der Waals surface area (Å²) in [6.07, 6.45) is 0. The van der Waals surface area contributed by atoms with Crippen LogP contribution in [0.5, 0.6) is 0 Å². The van der Waals surface area contributed by atoms with E-state index in [0.717, 1.165) is 5.06 Å².